The van der Waals surface area contributed by atoms with Crippen LogP contribution in [0.3, 0.4) is 0 Å². The van der Waals surface area contributed by atoms with Crippen molar-refractivity contribution >= 4 is 46.1 Å². The van der Waals surface area contributed by atoms with Gasteiger partial charge in [-0.25, -0.2) is 0 Å². The van der Waals surface area contributed by atoms with E-state index in [4.69, 9.17) is 9.47 Å². The number of anilines is 1. The van der Waals surface area contributed by atoms with Crippen LogP contribution in [0.25, 0.3) is 6.08 Å². The molecule has 0 unspecified atom stereocenters. The normalized spacial score (nSPS) is 10.7. The van der Waals surface area contributed by atoms with Gasteiger partial charge < -0.3 is 14.8 Å². The number of thioether (sulfide) groups is 1. The zero-order valence-corrected chi connectivity index (χ0v) is 19.9. The van der Waals surface area contributed by atoms with Gasteiger partial charge in [-0.3, -0.25) is 14.9 Å². The number of rotatable bonds is 11. The first kappa shape index (κ1) is 24.3. The first-order valence-corrected chi connectivity index (χ1v) is 11.9. The molecule has 33 heavy (non-hydrogen) atoms. The van der Waals surface area contributed by atoms with E-state index in [1.807, 2.05) is 48.5 Å². The van der Waals surface area contributed by atoms with Crippen LogP contribution in [0.4, 0.5) is 5.13 Å². The summed E-state index contributed by atoms with van der Waals surface area (Å²) in [7, 11) is 3.18. The maximum Gasteiger partial charge on any atom is 0.250 e. The number of aromatic nitrogens is 2. The lowest BCUT2D eigenvalue weighted by atomic mass is 10.1. The average molecular weight is 485 g/mol. The second-order valence-corrected chi connectivity index (χ2v) is 8.88. The van der Waals surface area contributed by atoms with Crippen LogP contribution in [-0.4, -0.2) is 48.5 Å². The minimum absolute atomic E-state index is 0.105. The van der Waals surface area contributed by atoms with Crippen molar-refractivity contribution < 1.29 is 19.1 Å². The summed E-state index contributed by atoms with van der Waals surface area (Å²) in [6, 6.07) is 15.2. The number of methoxy groups -OCH3 is 2. The van der Waals surface area contributed by atoms with Crippen molar-refractivity contribution in [2.24, 2.45) is 0 Å². The van der Waals surface area contributed by atoms with Crippen molar-refractivity contribution in [2.45, 2.75) is 10.8 Å². The highest BCUT2D eigenvalue weighted by molar-refractivity contribution is 8.01. The number of nitrogens with one attached hydrogen (secondary N) is 2. The van der Waals surface area contributed by atoms with Crippen LogP contribution >= 0.6 is 23.1 Å². The maximum atomic E-state index is 12.1. The third-order valence-corrected chi connectivity index (χ3v) is 6.35. The Morgan fingerprint density at radius 2 is 1.85 bits per heavy atom. The highest BCUT2D eigenvalue weighted by Gasteiger charge is 2.10. The van der Waals surface area contributed by atoms with Crippen LogP contribution in [0.2, 0.25) is 0 Å². The first-order valence-electron chi connectivity index (χ1n) is 10.1. The lowest BCUT2D eigenvalue weighted by molar-refractivity contribution is -0.118. The molecule has 10 heteroatoms. The quantitative estimate of drug-likeness (QED) is 0.243. The first-order chi connectivity index (χ1) is 16.1. The van der Waals surface area contributed by atoms with Crippen LogP contribution in [0.5, 0.6) is 11.5 Å². The Kier molecular flexibility index (Phi) is 9.28. The molecule has 1 aromatic heterocycles. The topological polar surface area (TPSA) is 102 Å². The molecule has 3 rings (SSSR count). The molecular formula is C23H24N4O4S2. The molecule has 0 atom stereocenters. The smallest absolute Gasteiger partial charge is 0.250 e. The van der Waals surface area contributed by atoms with Crippen molar-refractivity contribution in [1.82, 2.24) is 15.5 Å². The van der Waals surface area contributed by atoms with E-state index in [9.17, 15) is 9.59 Å². The van der Waals surface area contributed by atoms with E-state index in [2.05, 4.69) is 20.8 Å². The predicted octanol–water partition coefficient (Wildman–Crippen LogP) is 3.66. The Labute approximate surface area is 200 Å². The number of hydrogen-bond donors (Lipinski definition) is 2. The van der Waals surface area contributed by atoms with E-state index in [-0.39, 0.29) is 17.6 Å². The molecule has 0 saturated heterocycles. The molecule has 0 saturated carbocycles. The highest BCUT2D eigenvalue weighted by atomic mass is 32.2. The van der Waals surface area contributed by atoms with Gasteiger partial charge in [0, 0.05) is 12.6 Å². The summed E-state index contributed by atoms with van der Waals surface area (Å²) in [4.78, 5) is 24.2. The summed E-state index contributed by atoms with van der Waals surface area (Å²) >= 11 is 2.49. The van der Waals surface area contributed by atoms with Crippen LogP contribution in [-0.2, 0) is 16.0 Å². The number of nitrogens with zero attached hydrogens (tertiary/aromatic N) is 2. The number of hydrogen-bond acceptors (Lipinski definition) is 8. The number of carbonyl (C=O) groups is 2. The van der Waals surface area contributed by atoms with Gasteiger partial charge in [-0.15, -0.1) is 10.2 Å². The Balaban J connectivity index is 1.38. The van der Waals surface area contributed by atoms with Gasteiger partial charge in [0.05, 0.1) is 20.0 Å². The van der Waals surface area contributed by atoms with Crippen molar-refractivity contribution in [1.29, 1.82) is 0 Å². The van der Waals surface area contributed by atoms with Crippen LogP contribution < -0.4 is 20.1 Å². The summed E-state index contributed by atoms with van der Waals surface area (Å²) in [5, 5.41) is 13.9. The lowest BCUT2D eigenvalue weighted by Crippen LogP contribution is -2.27. The van der Waals surface area contributed by atoms with Gasteiger partial charge in [0.1, 0.15) is 0 Å². The fourth-order valence-corrected chi connectivity index (χ4v) is 4.35. The molecule has 0 spiro atoms. The molecule has 8 nitrogen and oxygen atoms in total. The lowest BCUT2D eigenvalue weighted by Gasteiger charge is -2.10. The third kappa shape index (κ3) is 7.92. The van der Waals surface area contributed by atoms with E-state index in [0.29, 0.717) is 33.9 Å². The van der Waals surface area contributed by atoms with Crippen molar-refractivity contribution in [3.63, 3.8) is 0 Å². The number of carbonyl (C=O) groups excluding carboxylic acids is 2. The van der Waals surface area contributed by atoms with Gasteiger partial charge in [-0.05, 0) is 35.8 Å². The van der Waals surface area contributed by atoms with E-state index < -0.39 is 0 Å². The van der Waals surface area contributed by atoms with Crippen LogP contribution in [0.1, 0.15) is 11.1 Å². The van der Waals surface area contributed by atoms with Crippen molar-refractivity contribution in [3.8, 4) is 11.5 Å². The van der Waals surface area contributed by atoms with Crippen LogP contribution in [0.15, 0.2) is 58.9 Å². The fraction of sp³-hybridized carbons (Fsp3) is 0.217. The van der Waals surface area contributed by atoms with Crippen molar-refractivity contribution in [2.75, 3.05) is 31.8 Å². The van der Waals surface area contributed by atoms with E-state index >= 15 is 0 Å². The molecule has 0 aliphatic rings. The van der Waals surface area contributed by atoms with E-state index in [1.54, 1.807) is 20.3 Å². The van der Waals surface area contributed by atoms with Crippen LogP contribution in [0, 0.1) is 0 Å². The van der Waals surface area contributed by atoms with Crippen molar-refractivity contribution in [3.05, 3.63) is 65.7 Å². The van der Waals surface area contributed by atoms with Gasteiger partial charge in [0.15, 0.2) is 15.8 Å². The molecule has 3 aromatic rings. The van der Waals surface area contributed by atoms with Gasteiger partial charge >= 0.3 is 0 Å². The van der Waals surface area contributed by atoms with Gasteiger partial charge in [-0.1, -0.05) is 59.5 Å². The Morgan fingerprint density at radius 1 is 1.06 bits per heavy atom. The Morgan fingerprint density at radius 3 is 2.61 bits per heavy atom. The van der Waals surface area contributed by atoms with Gasteiger partial charge in [0.25, 0.3) is 0 Å². The minimum Gasteiger partial charge on any atom is -0.493 e. The number of benzene rings is 2. The summed E-state index contributed by atoms with van der Waals surface area (Å²) in [6.07, 6.45) is 3.83. The summed E-state index contributed by atoms with van der Waals surface area (Å²) in [5.41, 5.74) is 1.96. The highest BCUT2D eigenvalue weighted by Crippen LogP contribution is 2.28. The monoisotopic (exact) mass is 484 g/mol. The summed E-state index contributed by atoms with van der Waals surface area (Å²) in [5.74, 6) is 1.14. The zero-order chi connectivity index (χ0) is 23.5. The standard InChI is InChI=1S/C23H24N4O4S2/c1-30-18-10-8-17(14-19(18)31-2)12-13-24-21(29)15-32-23-27-26-22(33-23)25-20(28)11-9-16-6-4-3-5-7-16/h3-11,14H,12-13,15H2,1-2H3,(H,24,29)(H,25,26,28)/b11-9+. The Hall–Kier alpha value is -3.37. The van der Waals surface area contributed by atoms with E-state index in [1.165, 1.54) is 29.2 Å². The zero-order valence-electron chi connectivity index (χ0n) is 18.2. The Bertz CT molecular complexity index is 1100. The molecule has 2 aromatic carbocycles. The molecule has 2 amide bonds. The molecule has 0 aliphatic carbocycles. The third-order valence-electron chi connectivity index (χ3n) is 4.37. The SMILES string of the molecule is COc1ccc(CCNC(=O)CSc2nnc(NC(=O)/C=C/c3ccccc3)s2)cc1OC. The number of ether oxygens (including phenoxy) is 2. The second kappa shape index (κ2) is 12.6. The average Bonchev–Trinajstić information content (AvgIpc) is 3.29. The number of amides is 2. The molecule has 172 valence electrons. The van der Waals surface area contributed by atoms with E-state index in [0.717, 1.165) is 11.1 Å². The predicted molar refractivity (Wildman–Crippen MR) is 131 cm³/mol. The fourth-order valence-electron chi connectivity index (χ4n) is 2.76. The molecular weight excluding hydrogens is 460 g/mol. The molecule has 1 heterocycles. The van der Waals surface area contributed by atoms with Gasteiger partial charge in [-0.2, -0.15) is 0 Å². The molecule has 0 aliphatic heterocycles. The maximum absolute atomic E-state index is 12.1. The minimum atomic E-state index is -0.292. The molecule has 0 fully saturated rings. The second-order valence-electron chi connectivity index (χ2n) is 6.68. The summed E-state index contributed by atoms with van der Waals surface area (Å²) in [6.45, 7) is 0.500. The molecule has 2 N–H and O–H groups in total. The van der Waals surface area contributed by atoms with Gasteiger partial charge in [0.2, 0.25) is 16.9 Å². The molecule has 0 radical (unpaired) electrons. The summed E-state index contributed by atoms with van der Waals surface area (Å²) < 4.78 is 11.1. The molecule has 0 bridgehead atoms. The largest absolute Gasteiger partial charge is 0.493 e.